The number of para-hydroxylation sites is 2. The molecular formula is C26H32N4O2. The lowest BCUT2D eigenvalue weighted by Gasteiger charge is -2.35. The lowest BCUT2D eigenvalue weighted by molar-refractivity contribution is -0.131. The molecule has 0 bridgehead atoms. The van der Waals surface area contributed by atoms with E-state index in [0.29, 0.717) is 26.1 Å². The van der Waals surface area contributed by atoms with E-state index in [0.717, 1.165) is 42.1 Å². The second-order valence-electron chi connectivity index (χ2n) is 9.31. The van der Waals surface area contributed by atoms with E-state index in [1.54, 1.807) is 0 Å². The van der Waals surface area contributed by atoms with Gasteiger partial charge in [0.1, 0.15) is 11.6 Å². The molecule has 0 aliphatic carbocycles. The third-order valence-electron chi connectivity index (χ3n) is 5.92. The van der Waals surface area contributed by atoms with Crippen LogP contribution in [0.1, 0.15) is 39.2 Å². The lowest BCUT2D eigenvalue weighted by Crippen LogP contribution is -2.49. The van der Waals surface area contributed by atoms with Crippen LogP contribution < -0.4 is 9.64 Å². The summed E-state index contributed by atoms with van der Waals surface area (Å²) in [5.74, 6) is 1.93. The number of amides is 1. The van der Waals surface area contributed by atoms with Crippen molar-refractivity contribution in [3.8, 4) is 5.75 Å². The first-order valence-electron chi connectivity index (χ1n) is 11.4. The molecule has 2 heterocycles. The van der Waals surface area contributed by atoms with E-state index in [1.165, 1.54) is 5.56 Å². The highest BCUT2D eigenvalue weighted by Crippen LogP contribution is 2.24. The fourth-order valence-electron chi connectivity index (χ4n) is 3.91. The van der Waals surface area contributed by atoms with Crippen LogP contribution in [-0.2, 0) is 10.2 Å². The molecule has 6 heteroatoms. The second-order valence-corrected chi connectivity index (χ2v) is 9.31. The fourth-order valence-corrected chi connectivity index (χ4v) is 3.91. The Labute approximate surface area is 190 Å². The number of aromatic nitrogens is 2. The molecular weight excluding hydrogens is 400 g/mol. The number of carbonyl (C=O) groups excluding carboxylic acids is 1. The minimum Gasteiger partial charge on any atom is -0.494 e. The van der Waals surface area contributed by atoms with Crippen LogP contribution in [0.25, 0.3) is 11.0 Å². The highest BCUT2D eigenvalue weighted by Gasteiger charge is 2.22. The number of ether oxygens (including phenoxy) is 1. The molecule has 32 heavy (non-hydrogen) atoms. The predicted molar refractivity (Wildman–Crippen MR) is 128 cm³/mol. The Kier molecular flexibility index (Phi) is 6.58. The van der Waals surface area contributed by atoms with Crippen molar-refractivity contribution in [1.82, 2.24) is 14.9 Å². The largest absolute Gasteiger partial charge is 0.494 e. The van der Waals surface area contributed by atoms with Gasteiger partial charge >= 0.3 is 0 Å². The number of benzene rings is 2. The van der Waals surface area contributed by atoms with Crippen molar-refractivity contribution < 1.29 is 9.53 Å². The summed E-state index contributed by atoms with van der Waals surface area (Å²) in [5, 5.41) is 0. The van der Waals surface area contributed by atoms with Crippen LogP contribution in [0.5, 0.6) is 5.75 Å². The summed E-state index contributed by atoms with van der Waals surface area (Å²) in [5.41, 5.74) is 3.22. The normalized spacial score (nSPS) is 14.6. The molecule has 2 aromatic carbocycles. The number of carbonyl (C=O) groups is 1. The van der Waals surface area contributed by atoms with E-state index in [4.69, 9.17) is 9.72 Å². The van der Waals surface area contributed by atoms with Crippen molar-refractivity contribution in [3.05, 3.63) is 60.3 Å². The van der Waals surface area contributed by atoms with E-state index in [-0.39, 0.29) is 11.3 Å². The predicted octanol–water partition coefficient (Wildman–Crippen LogP) is 4.44. The maximum atomic E-state index is 12.6. The Morgan fingerprint density at radius 2 is 1.66 bits per heavy atom. The monoisotopic (exact) mass is 432 g/mol. The summed E-state index contributed by atoms with van der Waals surface area (Å²) >= 11 is 0. The van der Waals surface area contributed by atoms with Crippen molar-refractivity contribution in [2.24, 2.45) is 0 Å². The Morgan fingerprint density at radius 3 is 2.34 bits per heavy atom. The van der Waals surface area contributed by atoms with Crippen molar-refractivity contribution in [2.45, 2.75) is 39.0 Å². The van der Waals surface area contributed by atoms with Gasteiger partial charge in [0.15, 0.2) is 0 Å². The summed E-state index contributed by atoms with van der Waals surface area (Å²) in [7, 11) is 0. The molecule has 168 valence electrons. The maximum Gasteiger partial charge on any atom is 0.222 e. The smallest absolute Gasteiger partial charge is 0.222 e. The van der Waals surface area contributed by atoms with E-state index < -0.39 is 0 Å². The molecule has 0 radical (unpaired) electrons. The Morgan fingerprint density at radius 1 is 0.969 bits per heavy atom. The van der Waals surface area contributed by atoms with Gasteiger partial charge in [-0.25, -0.2) is 4.98 Å². The minimum absolute atomic E-state index is 0.135. The number of fused-ring (bicyclic) bond motifs is 1. The van der Waals surface area contributed by atoms with Crippen molar-refractivity contribution >= 4 is 22.8 Å². The quantitative estimate of drug-likeness (QED) is 0.539. The second kappa shape index (κ2) is 9.55. The summed E-state index contributed by atoms with van der Waals surface area (Å²) in [6, 6.07) is 16.1. The first-order valence-corrected chi connectivity index (χ1v) is 11.4. The van der Waals surface area contributed by atoms with Gasteiger partial charge in [-0.2, -0.15) is 0 Å². The maximum absolute atomic E-state index is 12.6. The molecule has 1 saturated heterocycles. The Hall–Kier alpha value is -3.15. The molecule has 0 spiro atoms. The van der Waals surface area contributed by atoms with E-state index in [9.17, 15) is 4.79 Å². The molecule has 1 aromatic heterocycles. The van der Waals surface area contributed by atoms with Gasteiger partial charge in [0.25, 0.3) is 0 Å². The van der Waals surface area contributed by atoms with E-state index in [2.05, 4.69) is 42.8 Å². The van der Waals surface area contributed by atoms with Gasteiger partial charge < -0.3 is 14.5 Å². The minimum atomic E-state index is 0.135. The SMILES string of the molecule is CC(C)(C)c1ccc(OCCCC(=O)N2CCN(c3cnc4ccccc4n3)CC2)cc1. The highest BCUT2D eigenvalue weighted by molar-refractivity contribution is 5.77. The van der Waals surface area contributed by atoms with Gasteiger partial charge in [-0.05, 0) is 41.7 Å². The van der Waals surface area contributed by atoms with Crippen LogP contribution in [0.15, 0.2) is 54.7 Å². The van der Waals surface area contributed by atoms with E-state index >= 15 is 0 Å². The van der Waals surface area contributed by atoms with Crippen LogP contribution in [0.3, 0.4) is 0 Å². The first kappa shape index (κ1) is 22.1. The van der Waals surface area contributed by atoms with Crippen LogP contribution in [-0.4, -0.2) is 53.6 Å². The third kappa shape index (κ3) is 5.36. The van der Waals surface area contributed by atoms with Crippen molar-refractivity contribution in [2.75, 3.05) is 37.7 Å². The highest BCUT2D eigenvalue weighted by atomic mass is 16.5. The molecule has 6 nitrogen and oxygen atoms in total. The molecule has 4 rings (SSSR count). The molecule has 0 saturated carbocycles. The zero-order chi connectivity index (χ0) is 22.6. The Balaban J connectivity index is 1.20. The molecule has 1 aliphatic heterocycles. The molecule has 3 aromatic rings. The summed E-state index contributed by atoms with van der Waals surface area (Å²) < 4.78 is 5.83. The third-order valence-corrected chi connectivity index (χ3v) is 5.92. The van der Waals surface area contributed by atoms with Crippen LogP contribution >= 0.6 is 0 Å². The standard InChI is InChI=1S/C26H32N4O2/c1-26(2,3)20-10-12-21(13-11-20)32-18-6-9-25(31)30-16-14-29(15-17-30)24-19-27-22-7-4-5-8-23(22)28-24/h4-5,7-8,10-13,19H,6,9,14-18H2,1-3H3. The van der Waals surface area contributed by atoms with Crippen LogP contribution in [0.4, 0.5) is 5.82 Å². The first-order chi connectivity index (χ1) is 15.4. The summed E-state index contributed by atoms with van der Waals surface area (Å²) in [4.78, 5) is 26.0. The van der Waals surface area contributed by atoms with Crippen LogP contribution in [0, 0.1) is 0 Å². The summed E-state index contributed by atoms with van der Waals surface area (Å²) in [6.07, 6.45) is 3.05. The number of rotatable bonds is 6. The van der Waals surface area contributed by atoms with Gasteiger partial charge in [0.2, 0.25) is 5.91 Å². The molecule has 0 unspecified atom stereocenters. The molecule has 0 N–H and O–H groups in total. The molecule has 0 atom stereocenters. The number of nitrogens with zero attached hydrogens (tertiary/aromatic N) is 4. The lowest BCUT2D eigenvalue weighted by atomic mass is 9.87. The van der Waals surface area contributed by atoms with Crippen LogP contribution in [0.2, 0.25) is 0 Å². The number of piperazine rings is 1. The van der Waals surface area contributed by atoms with Gasteiger partial charge in [-0.3, -0.25) is 9.78 Å². The Bertz CT molecular complexity index is 1050. The number of anilines is 1. The van der Waals surface area contributed by atoms with Crippen molar-refractivity contribution in [1.29, 1.82) is 0 Å². The number of hydrogen-bond donors (Lipinski definition) is 0. The topological polar surface area (TPSA) is 58.6 Å². The zero-order valence-corrected chi connectivity index (χ0v) is 19.3. The zero-order valence-electron chi connectivity index (χ0n) is 19.3. The average Bonchev–Trinajstić information content (AvgIpc) is 2.81. The fraction of sp³-hybridized carbons (Fsp3) is 0.423. The van der Waals surface area contributed by atoms with Gasteiger partial charge in [-0.1, -0.05) is 45.0 Å². The number of hydrogen-bond acceptors (Lipinski definition) is 5. The van der Waals surface area contributed by atoms with Crippen molar-refractivity contribution in [3.63, 3.8) is 0 Å². The average molecular weight is 433 g/mol. The molecule has 1 aliphatic rings. The van der Waals surface area contributed by atoms with Gasteiger partial charge in [0.05, 0.1) is 23.8 Å². The van der Waals surface area contributed by atoms with E-state index in [1.807, 2.05) is 47.5 Å². The van der Waals surface area contributed by atoms with Gasteiger partial charge in [-0.15, -0.1) is 0 Å². The molecule has 1 amide bonds. The van der Waals surface area contributed by atoms with Gasteiger partial charge in [0, 0.05) is 32.6 Å². The molecule has 1 fully saturated rings. The summed E-state index contributed by atoms with van der Waals surface area (Å²) in [6.45, 7) is 10.1.